The van der Waals surface area contributed by atoms with Crippen LogP contribution in [0.3, 0.4) is 0 Å². The number of hydrogen-bond acceptors (Lipinski definition) is 3. The van der Waals surface area contributed by atoms with Gasteiger partial charge < -0.3 is 15.4 Å². The van der Waals surface area contributed by atoms with E-state index in [1.54, 1.807) is 0 Å². The van der Waals surface area contributed by atoms with Crippen molar-refractivity contribution in [2.75, 3.05) is 46.4 Å². The Labute approximate surface area is 186 Å². The van der Waals surface area contributed by atoms with E-state index in [0.29, 0.717) is 5.92 Å². The van der Waals surface area contributed by atoms with Gasteiger partial charge in [0.1, 0.15) is 0 Å². The first-order valence-electron chi connectivity index (χ1n) is 10.7. The molecule has 2 N–H and O–H groups in total. The van der Waals surface area contributed by atoms with E-state index in [9.17, 15) is 0 Å². The number of nitrogens with zero attached hydrogens (tertiary/aromatic N) is 2. The highest BCUT2D eigenvalue weighted by Gasteiger charge is 2.39. The predicted octanol–water partition coefficient (Wildman–Crippen LogP) is 3.14. The number of nitrogens with one attached hydrogen (secondary N) is 2. The molecule has 156 valence electrons. The molecular formula is C22H35IN4O. The van der Waals surface area contributed by atoms with Crippen LogP contribution in [0.4, 0.5) is 0 Å². The molecule has 2 saturated heterocycles. The van der Waals surface area contributed by atoms with Crippen LogP contribution < -0.4 is 10.6 Å². The third kappa shape index (κ3) is 4.82. The van der Waals surface area contributed by atoms with Crippen molar-refractivity contribution in [3.63, 3.8) is 0 Å². The Morgan fingerprint density at radius 3 is 2.68 bits per heavy atom. The fraction of sp³-hybridized carbons (Fsp3) is 0.682. The van der Waals surface area contributed by atoms with Gasteiger partial charge in [-0.25, -0.2) is 0 Å². The van der Waals surface area contributed by atoms with Crippen LogP contribution in [-0.4, -0.2) is 62.8 Å². The lowest BCUT2D eigenvalue weighted by atomic mass is 9.88. The van der Waals surface area contributed by atoms with E-state index in [-0.39, 0.29) is 29.5 Å². The Balaban J connectivity index is 0.00000225. The topological polar surface area (TPSA) is 48.9 Å². The number of benzene rings is 1. The van der Waals surface area contributed by atoms with Crippen molar-refractivity contribution in [2.24, 2.45) is 4.99 Å². The van der Waals surface area contributed by atoms with E-state index >= 15 is 0 Å². The van der Waals surface area contributed by atoms with Crippen molar-refractivity contribution >= 4 is 29.9 Å². The quantitative estimate of drug-likeness (QED) is 0.372. The molecule has 0 spiro atoms. The van der Waals surface area contributed by atoms with Gasteiger partial charge in [-0.3, -0.25) is 9.89 Å². The van der Waals surface area contributed by atoms with Crippen molar-refractivity contribution in [1.82, 2.24) is 15.5 Å². The second-order valence-corrected chi connectivity index (χ2v) is 8.27. The first-order valence-corrected chi connectivity index (χ1v) is 10.7. The van der Waals surface area contributed by atoms with Crippen LogP contribution in [-0.2, 0) is 11.2 Å². The third-order valence-corrected chi connectivity index (χ3v) is 6.78. The van der Waals surface area contributed by atoms with Gasteiger partial charge in [0.05, 0.1) is 0 Å². The van der Waals surface area contributed by atoms with E-state index in [1.165, 1.54) is 49.9 Å². The van der Waals surface area contributed by atoms with Crippen LogP contribution in [0, 0.1) is 0 Å². The average molecular weight is 498 g/mol. The SMILES string of the molecule is CN=C(NCC1CCc2ccccc21)NCC1(N2CCCC2)CCOCC1.I. The summed E-state index contributed by atoms with van der Waals surface area (Å²) in [6.07, 6.45) is 7.33. The van der Waals surface area contributed by atoms with Crippen molar-refractivity contribution in [1.29, 1.82) is 0 Å². The fourth-order valence-corrected chi connectivity index (χ4v) is 5.09. The van der Waals surface area contributed by atoms with Gasteiger partial charge in [0.25, 0.3) is 0 Å². The van der Waals surface area contributed by atoms with Gasteiger partial charge in [-0.05, 0) is 62.7 Å². The number of aryl methyl sites for hydroxylation is 1. The Bertz CT molecular complexity index is 654. The molecule has 0 radical (unpaired) electrons. The number of ether oxygens (including phenoxy) is 1. The van der Waals surface area contributed by atoms with Gasteiger partial charge in [-0.15, -0.1) is 24.0 Å². The van der Waals surface area contributed by atoms with Crippen molar-refractivity contribution in [3.05, 3.63) is 35.4 Å². The van der Waals surface area contributed by atoms with Gasteiger partial charge in [0.15, 0.2) is 5.96 Å². The van der Waals surface area contributed by atoms with Crippen molar-refractivity contribution < 1.29 is 4.74 Å². The highest BCUT2D eigenvalue weighted by molar-refractivity contribution is 14.0. The lowest BCUT2D eigenvalue weighted by Crippen LogP contribution is -2.58. The largest absolute Gasteiger partial charge is 0.381 e. The summed E-state index contributed by atoms with van der Waals surface area (Å²) < 4.78 is 5.67. The standard InChI is InChI=1S/C22H34N4O.HI/c1-23-21(24-16-19-9-8-18-6-2-3-7-20(18)19)25-17-22(10-14-27-15-11-22)26-12-4-5-13-26;/h2-3,6-7,19H,4-5,8-17H2,1H3,(H2,23,24,25);1H. The van der Waals surface area contributed by atoms with Gasteiger partial charge in [-0.2, -0.15) is 0 Å². The normalized spacial score (nSPS) is 24.5. The minimum absolute atomic E-state index is 0. The fourth-order valence-electron chi connectivity index (χ4n) is 5.09. The number of hydrogen-bond donors (Lipinski definition) is 2. The molecule has 0 aromatic heterocycles. The molecule has 28 heavy (non-hydrogen) atoms. The van der Waals surface area contributed by atoms with Gasteiger partial charge in [0, 0.05) is 44.8 Å². The number of fused-ring (bicyclic) bond motifs is 1. The zero-order chi connectivity index (χ0) is 18.5. The van der Waals surface area contributed by atoms with E-state index < -0.39 is 0 Å². The molecule has 2 fully saturated rings. The maximum atomic E-state index is 5.67. The van der Waals surface area contributed by atoms with Crippen LogP contribution in [0.5, 0.6) is 0 Å². The summed E-state index contributed by atoms with van der Waals surface area (Å²) in [5, 5.41) is 7.24. The molecular weight excluding hydrogens is 463 g/mol. The lowest BCUT2D eigenvalue weighted by Gasteiger charge is -2.45. The second kappa shape index (κ2) is 10.3. The Morgan fingerprint density at radius 2 is 1.93 bits per heavy atom. The van der Waals surface area contributed by atoms with Gasteiger partial charge in [0.2, 0.25) is 0 Å². The molecule has 2 aliphatic heterocycles. The predicted molar refractivity (Wildman–Crippen MR) is 126 cm³/mol. The molecule has 0 bridgehead atoms. The van der Waals surface area contributed by atoms with Crippen LogP contribution in [0.15, 0.2) is 29.3 Å². The van der Waals surface area contributed by atoms with Crippen molar-refractivity contribution in [3.8, 4) is 0 Å². The van der Waals surface area contributed by atoms with Crippen molar-refractivity contribution in [2.45, 2.75) is 50.0 Å². The molecule has 0 saturated carbocycles. The minimum Gasteiger partial charge on any atom is -0.381 e. The zero-order valence-electron chi connectivity index (χ0n) is 17.1. The van der Waals surface area contributed by atoms with Crippen LogP contribution in [0.1, 0.15) is 49.1 Å². The van der Waals surface area contributed by atoms with E-state index in [0.717, 1.165) is 45.1 Å². The lowest BCUT2D eigenvalue weighted by molar-refractivity contribution is -0.0164. The Morgan fingerprint density at radius 1 is 1.18 bits per heavy atom. The van der Waals surface area contributed by atoms with E-state index in [2.05, 4.69) is 44.8 Å². The third-order valence-electron chi connectivity index (χ3n) is 6.78. The van der Waals surface area contributed by atoms with Gasteiger partial charge in [-0.1, -0.05) is 24.3 Å². The molecule has 5 nitrogen and oxygen atoms in total. The molecule has 4 rings (SSSR count). The molecule has 1 unspecified atom stereocenters. The molecule has 0 amide bonds. The number of rotatable bonds is 5. The number of halogens is 1. The van der Waals surface area contributed by atoms with Crippen LogP contribution in [0.25, 0.3) is 0 Å². The minimum atomic E-state index is 0. The zero-order valence-corrected chi connectivity index (χ0v) is 19.4. The average Bonchev–Trinajstić information content (AvgIpc) is 3.40. The number of likely N-dealkylation sites (tertiary alicyclic amines) is 1. The summed E-state index contributed by atoms with van der Waals surface area (Å²) in [6, 6.07) is 8.87. The number of guanidine groups is 1. The molecule has 1 aromatic rings. The highest BCUT2D eigenvalue weighted by Crippen LogP contribution is 2.32. The molecule has 1 atom stereocenters. The number of aliphatic imine (C=N–C) groups is 1. The smallest absolute Gasteiger partial charge is 0.191 e. The molecule has 2 heterocycles. The summed E-state index contributed by atoms with van der Waals surface area (Å²) in [5.41, 5.74) is 3.26. The van der Waals surface area contributed by atoms with E-state index in [4.69, 9.17) is 4.74 Å². The second-order valence-electron chi connectivity index (χ2n) is 8.27. The monoisotopic (exact) mass is 498 g/mol. The maximum absolute atomic E-state index is 5.67. The summed E-state index contributed by atoms with van der Waals surface area (Å²) in [6.45, 7) is 6.12. The summed E-state index contributed by atoms with van der Waals surface area (Å²) in [5.74, 6) is 1.53. The summed E-state index contributed by atoms with van der Waals surface area (Å²) >= 11 is 0. The Hall–Kier alpha value is -0.860. The first-order chi connectivity index (χ1) is 13.3. The first kappa shape index (κ1) is 21.8. The molecule has 1 aliphatic carbocycles. The maximum Gasteiger partial charge on any atom is 0.191 e. The van der Waals surface area contributed by atoms with Gasteiger partial charge >= 0.3 is 0 Å². The van der Waals surface area contributed by atoms with Crippen LogP contribution in [0.2, 0.25) is 0 Å². The molecule has 3 aliphatic rings. The molecule has 6 heteroatoms. The van der Waals surface area contributed by atoms with E-state index in [1.807, 2.05) is 7.05 Å². The highest BCUT2D eigenvalue weighted by atomic mass is 127. The Kier molecular flexibility index (Phi) is 8.00. The summed E-state index contributed by atoms with van der Waals surface area (Å²) in [7, 11) is 1.88. The molecule has 1 aromatic carbocycles. The van der Waals surface area contributed by atoms with Crippen LogP contribution >= 0.6 is 24.0 Å². The summed E-state index contributed by atoms with van der Waals surface area (Å²) in [4.78, 5) is 7.19.